The van der Waals surface area contributed by atoms with E-state index < -0.39 is 0 Å². The maximum atomic E-state index is 12.5. The summed E-state index contributed by atoms with van der Waals surface area (Å²) < 4.78 is 1.70. The summed E-state index contributed by atoms with van der Waals surface area (Å²) in [7, 11) is 1.84. The molecule has 0 bridgehead atoms. The molecule has 0 saturated carbocycles. The van der Waals surface area contributed by atoms with Crippen LogP contribution >= 0.6 is 0 Å². The van der Waals surface area contributed by atoms with Gasteiger partial charge in [-0.05, 0) is 42.3 Å². The van der Waals surface area contributed by atoms with Crippen LogP contribution in [0.3, 0.4) is 0 Å². The van der Waals surface area contributed by atoms with E-state index in [0.29, 0.717) is 24.3 Å². The number of hydrogen-bond acceptors (Lipinski definition) is 3. The molecule has 0 fully saturated rings. The highest BCUT2D eigenvalue weighted by Crippen LogP contribution is 2.23. The van der Waals surface area contributed by atoms with Crippen LogP contribution in [-0.4, -0.2) is 26.6 Å². The van der Waals surface area contributed by atoms with Crippen LogP contribution in [0.4, 0.5) is 10.5 Å². The smallest absolute Gasteiger partial charge is 0.322 e. The van der Waals surface area contributed by atoms with Crippen molar-refractivity contribution in [3.63, 3.8) is 0 Å². The van der Waals surface area contributed by atoms with Gasteiger partial charge in [0.25, 0.3) is 5.91 Å². The molecular formula is C22H23N5O2. The second-order valence-electron chi connectivity index (χ2n) is 7.27. The van der Waals surface area contributed by atoms with Gasteiger partial charge in [0.05, 0.1) is 12.2 Å². The van der Waals surface area contributed by atoms with Crippen LogP contribution in [0.15, 0.2) is 60.9 Å². The number of benzene rings is 2. The van der Waals surface area contributed by atoms with Gasteiger partial charge in [0.2, 0.25) is 0 Å². The van der Waals surface area contributed by atoms with E-state index in [1.807, 2.05) is 44.4 Å². The second-order valence-corrected chi connectivity index (χ2v) is 7.27. The summed E-state index contributed by atoms with van der Waals surface area (Å²) in [6.45, 7) is 3.13. The predicted molar refractivity (Wildman–Crippen MR) is 110 cm³/mol. The van der Waals surface area contributed by atoms with Crippen LogP contribution < -0.4 is 10.6 Å². The van der Waals surface area contributed by atoms with Crippen LogP contribution in [0.2, 0.25) is 0 Å². The number of urea groups is 1. The fraction of sp³-hybridized carbons (Fsp3) is 0.227. The summed E-state index contributed by atoms with van der Waals surface area (Å²) >= 11 is 0. The van der Waals surface area contributed by atoms with Crippen LogP contribution in [0.25, 0.3) is 0 Å². The van der Waals surface area contributed by atoms with Gasteiger partial charge in [-0.2, -0.15) is 5.10 Å². The Balaban J connectivity index is 1.34. The quantitative estimate of drug-likeness (QED) is 0.717. The zero-order chi connectivity index (χ0) is 20.4. The van der Waals surface area contributed by atoms with Crippen molar-refractivity contribution in [1.82, 2.24) is 20.0 Å². The third-order valence-corrected chi connectivity index (χ3v) is 5.10. The molecule has 4 rings (SSSR count). The highest BCUT2D eigenvalue weighted by atomic mass is 16.2. The van der Waals surface area contributed by atoms with E-state index >= 15 is 0 Å². The number of hydrogen-bond donors (Lipinski definition) is 2. The van der Waals surface area contributed by atoms with Crippen molar-refractivity contribution in [2.24, 2.45) is 7.05 Å². The molecule has 148 valence electrons. The fourth-order valence-corrected chi connectivity index (χ4v) is 3.41. The minimum Gasteiger partial charge on any atom is -0.345 e. The Morgan fingerprint density at radius 2 is 1.69 bits per heavy atom. The van der Waals surface area contributed by atoms with Gasteiger partial charge in [0, 0.05) is 43.1 Å². The Hall–Kier alpha value is -3.61. The highest BCUT2D eigenvalue weighted by Gasteiger charge is 2.22. The molecule has 7 nitrogen and oxygen atoms in total. The summed E-state index contributed by atoms with van der Waals surface area (Å²) in [6.07, 6.45) is 3.61. The normalized spacial score (nSPS) is 13.7. The topological polar surface area (TPSA) is 79.3 Å². The standard InChI is InChI=1S/C22H23N5O2/c1-15(19-11-23-26(2)12-19)24-21(28)16-7-9-20(10-8-16)25-22(29)27-13-17-5-3-4-6-18(17)14-27/h3-12,15H,13-14H2,1-2H3,(H,24,28)(H,25,29). The molecule has 1 aliphatic rings. The first-order valence-electron chi connectivity index (χ1n) is 9.52. The molecule has 1 aliphatic heterocycles. The molecule has 1 unspecified atom stereocenters. The average molecular weight is 389 g/mol. The number of nitrogens with zero attached hydrogens (tertiary/aromatic N) is 3. The Kier molecular flexibility index (Phi) is 5.03. The van der Waals surface area contributed by atoms with Gasteiger partial charge in [-0.15, -0.1) is 0 Å². The molecule has 1 aromatic heterocycles. The maximum absolute atomic E-state index is 12.5. The summed E-state index contributed by atoms with van der Waals surface area (Å²) in [4.78, 5) is 26.8. The number of aryl methyl sites for hydroxylation is 1. The fourth-order valence-electron chi connectivity index (χ4n) is 3.41. The van der Waals surface area contributed by atoms with Crippen molar-refractivity contribution in [3.8, 4) is 0 Å². The summed E-state index contributed by atoms with van der Waals surface area (Å²) in [5.74, 6) is -0.172. The van der Waals surface area contributed by atoms with Gasteiger partial charge in [-0.1, -0.05) is 24.3 Å². The third-order valence-electron chi connectivity index (χ3n) is 5.10. The maximum Gasteiger partial charge on any atom is 0.322 e. The van der Waals surface area contributed by atoms with E-state index in [0.717, 1.165) is 5.56 Å². The Morgan fingerprint density at radius 3 is 2.28 bits per heavy atom. The first-order valence-corrected chi connectivity index (χ1v) is 9.52. The molecule has 3 amide bonds. The molecule has 2 heterocycles. The molecule has 3 aromatic rings. The number of fused-ring (bicyclic) bond motifs is 1. The van der Waals surface area contributed by atoms with Gasteiger partial charge < -0.3 is 15.5 Å². The first kappa shape index (κ1) is 18.7. The lowest BCUT2D eigenvalue weighted by Crippen LogP contribution is -2.30. The van der Waals surface area contributed by atoms with E-state index in [1.54, 1.807) is 40.0 Å². The number of carbonyl (C=O) groups excluding carboxylic acids is 2. The monoisotopic (exact) mass is 389 g/mol. The van der Waals surface area contributed by atoms with Gasteiger partial charge in [0.15, 0.2) is 0 Å². The van der Waals surface area contributed by atoms with Crippen molar-refractivity contribution in [3.05, 3.63) is 83.2 Å². The van der Waals surface area contributed by atoms with Crippen molar-refractivity contribution < 1.29 is 9.59 Å². The molecule has 2 aromatic carbocycles. The molecule has 0 spiro atoms. The van der Waals surface area contributed by atoms with Crippen LogP contribution in [0.5, 0.6) is 0 Å². The summed E-state index contributed by atoms with van der Waals surface area (Å²) in [6, 6.07) is 14.7. The van der Waals surface area contributed by atoms with E-state index in [2.05, 4.69) is 15.7 Å². The van der Waals surface area contributed by atoms with Gasteiger partial charge in [0.1, 0.15) is 0 Å². The summed E-state index contributed by atoms with van der Waals surface area (Å²) in [5, 5.41) is 9.98. The van der Waals surface area contributed by atoms with Crippen molar-refractivity contribution in [2.75, 3.05) is 5.32 Å². The van der Waals surface area contributed by atoms with Crippen LogP contribution in [-0.2, 0) is 20.1 Å². The van der Waals surface area contributed by atoms with Crippen molar-refractivity contribution in [1.29, 1.82) is 0 Å². The molecule has 29 heavy (non-hydrogen) atoms. The van der Waals surface area contributed by atoms with Gasteiger partial charge >= 0.3 is 6.03 Å². The van der Waals surface area contributed by atoms with Gasteiger partial charge in [-0.25, -0.2) is 4.79 Å². The zero-order valence-electron chi connectivity index (χ0n) is 16.4. The van der Waals surface area contributed by atoms with E-state index in [4.69, 9.17) is 0 Å². The largest absolute Gasteiger partial charge is 0.345 e. The lowest BCUT2D eigenvalue weighted by molar-refractivity contribution is 0.0940. The number of anilines is 1. The Morgan fingerprint density at radius 1 is 1.03 bits per heavy atom. The highest BCUT2D eigenvalue weighted by molar-refractivity contribution is 5.95. The number of nitrogens with one attached hydrogen (secondary N) is 2. The number of aromatic nitrogens is 2. The number of amides is 3. The van der Waals surface area contributed by atoms with Crippen molar-refractivity contribution in [2.45, 2.75) is 26.1 Å². The molecular weight excluding hydrogens is 366 g/mol. The molecule has 0 aliphatic carbocycles. The van der Waals surface area contributed by atoms with Crippen LogP contribution in [0.1, 0.15) is 40.0 Å². The minimum atomic E-state index is -0.172. The average Bonchev–Trinajstić information content (AvgIpc) is 3.34. The first-order chi connectivity index (χ1) is 14.0. The predicted octanol–water partition coefficient (Wildman–Crippen LogP) is 3.46. The molecule has 7 heteroatoms. The third kappa shape index (κ3) is 4.13. The van der Waals surface area contributed by atoms with E-state index in [1.165, 1.54) is 11.1 Å². The van der Waals surface area contributed by atoms with E-state index in [-0.39, 0.29) is 18.0 Å². The van der Waals surface area contributed by atoms with Crippen LogP contribution in [0, 0.1) is 0 Å². The lowest BCUT2D eigenvalue weighted by Gasteiger charge is -2.17. The second kappa shape index (κ2) is 7.79. The SMILES string of the molecule is CC(NC(=O)c1ccc(NC(=O)N2Cc3ccccc3C2)cc1)c1cnn(C)c1. The molecule has 1 atom stereocenters. The molecule has 0 saturated heterocycles. The summed E-state index contributed by atoms with van der Waals surface area (Å²) in [5.41, 5.74) is 4.49. The van der Waals surface area contributed by atoms with Crippen molar-refractivity contribution >= 4 is 17.6 Å². The Bertz CT molecular complexity index is 1020. The minimum absolute atomic E-state index is 0.146. The Labute approximate surface area is 169 Å². The number of carbonyl (C=O) groups is 2. The lowest BCUT2D eigenvalue weighted by atomic mass is 10.1. The van der Waals surface area contributed by atoms with Gasteiger partial charge in [-0.3, -0.25) is 9.48 Å². The number of rotatable bonds is 4. The molecule has 0 radical (unpaired) electrons. The van der Waals surface area contributed by atoms with E-state index in [9.17, 15) is 9.59 Å². The molecule has 2 N–H and O–H groups in total. The zero-order valence-corrected chi connectivity index (χ0v) is 16.4.